The van der Waals surface area contributed by atoms with Gasteiger partial charge in [-0.1, -0.05) is 6.42 Å². The summed E-state index contributed by atoms with van der Waals surface area (Å²) in [6, 6.07) is 13.8. The number of hydrogen-bond acceptors (Lipinski definition) is 3. The van der Waals surface area contributed by atoms with Gasteiger partial charge in [0.25, 0.3) is 5.91 Å². The van der Waals surface area contributed by atoms with E-state index >= 15 is 0 Å². The summed E-state index contributed by atoms with van der Waals surface area (Å²) >= 11 is 0. The highest BCUT2D eigenvalue weighted by Gasteiger charge is 2.30. The number of nitrogens with one attached hydrogen (secondary N) is 1. The molecule has 2 amide bonds. The summed E-state index contributed by atoms with van der Waals surface area (Å²) in [4.78, 5) is 29.2. The van der Waals surface area contributed by atoms with Gasteiger partial charge in [0.05, 0.1) is 11.6 Å². The lowest BCUT2D eigenvalue weighted by atomic mass is 9.95. The number of carbonyl (C=O) groups excluding carboxylic acids is 2. The molecule has 1 aromatic heterocycles. The van der Waals surface area contributed by atoms with Crippen molar-refractivity contribution in [3.63, 3.8) is 0 Å². The van der Waals surface area contributed by atoms with Crippen LogP contribution in [0.3, 0.4) is 0 Å². The van der Waals surface area contributed by atoms with E-state index in [1.165, 1.54) is 36.4 Å². The average molecular weight is 495 g/mol. The molecule has 1 fully saturated rings. The number of likely N-dealkylation sites (tertiary alicyclic amines) is 1. The van der Waals surface area contributed by atoms with Gasteiger partial charge in [-0.25, -0.2) is 8.78 Å². The lowest BCUT2D eigenvalue weighted by molar-refractivity contribution is -0.135. The van der Waals surface area contributed by atoms with Gasteiger partial charge in [0, 0.05) is 43.5 Å². The van der Waals surface area contributed by atoms with Crippen LogP contribution in [0.25, 0.3) is 11.3 Å². The maximum Gasteiger partial charge on any atom is 0.253 e. The quantitative estimate of drug-likeness (QED) is 0.422. The number of H-pyrrole nitrogens is 1. The molecule has 8 heteroatoms. The number of aryl methyl sites for hydroxylation is 1. The zero-order valence-electron chi connectivity index (χ0n) is 20.6. The Kier molecular flexibility index (Phi) is 8.46. The van der Waals surface area contributed by atoms with E-state index in [0.29, 0.717) is 25.2 Å². The first-order valence-corrected chi connectivity index (χ1v) is 12.5. The first-order chi connectivity index (χ1) is 17.4. The molecule has 2 heterocycles. The molecule has 0 saturated carbocycles. The third kappa shape index (κ3) is 6.56. The van der Waals surface area contributed by atoms with Crippen LogP contribution in [0, 0.1) is 17.6 Å². The van der Waals surface area contributed by atoms with Crippen LogP contribution < -0.4 is 0 Å². The van der Waals surface area contributed by atoms with Crippen molar-refractivity contribution in [3.05, 3.63) is 77.5 Å². The van der Waals surface area contributed by atoms with E-state index in [2.05, 4.69) is 10.2 Å². The molecule has 1 aliphatic heterocycles. The van der Waals surface area contributed by atoms with Crippen LogP contribution in [0.2, 0.25) is 0 Å². The highest BCUT2D eigenvalue weighted by Crippen LogP contribution is 2.22. The fourth-order valence-electron chi connectivity index (χ4n) is 4.66. The Hall–Kier alpha value is -3.55. The molecule has 4 rings (SSSR count). The second-order valence-corrected chi connectivity index (χ2v) is 9.45. The number of benzene rings is 2. The summed E-state index contributed by atoms with van der Waals surface area (Å²) in [5.41, 5.74) is 3.15. The molecule has 1 aliphatic rings. The molecule has 0 bridgehead atoms. The van der Waals surface area contributed by atoms with Gasteiger partial charge in [-0.05, 0) is 86.7 Å². The second-order valence-electron chi connectivity index (χ2n) is 9.45. The smallest absolute Gasteiger partial charge is 0.253 e. The van der Waals surface area contributed by atoms with Crippen molar-refractivity contribution in [2.45, 2.75) is 38.5 Å². The van der Waals surface area contributed by atoms with Crippen LogP contribution in [0.15, 0.2) is 54.6 Å². The highest BCUT2D eigenvalue weighted by atomic mass is 19.1. The summed E-state index contributed by atoms with van der Waals surface area (Å²) in [6.07, 6.45) is 5.24. The maximum atomic E-state index is 13.2. The molecule has 36 heavy (non-hydrogen) atoms. The number of nitrogens with zero attached hydrogens (tertiary/aromatic N) is 3. The molecule has 1 unspecified atom stereocenters. The van der Waals surface area contributed by atoms with Crippen molar-refractivity contribution in [1.29, 1.82) is 0 Å². The van der Waals surface area contributed by atoms with Gasteiger partial charge in [-0.15, -0.1) is 0 Å². The number of amides is 2. The predicted molar refractivity (Wildman–Crippen MR) is 134 cm³/mol. The number of hydrogen-bond donors (Lipinski definition) is 1. The van der Waals surface area contributed by atoms with E-state index in [9.17, 15) is 18.4 Å². The van der Waals surface area contributed by atoms with E-state index < -0.39 is 0 Å². The molecule has 1 N–H and O–H groups in total. The van der Waals surface area contributed by atoms with Crippen molar-refractivity contribution in [2.24, 2.45) is 5.92 Å². The molecular formula is C28H32F2N4O2. The summed E-state index contributed by atoms with van der Waals surface area (Å²) < 4.78 is 26.3. The molecule has 0 spiro atoms. The molecule has 190 valence electrons. The highest BCUT2D eigenvalue weighted by molar-refractivity contribution is 5.94. The Balaban J connectivity index is 1.18. The molecule has 3 aromatic rings. The number of carbonyl (C=O) groups is 2. The third-order valence-electron chi connectivity index (χ3n) is 6.74. The minimum Gasteiger partial charge on any atom is -0.345 e. The van der Waals surface area contributed by atoms with Crippen LogP contribution in [0.4, 0.5) is 8.78 Å². The van der Waals surface area contributed by atoms with Gasteiger partial charge in [0.1, 0.15) is 11.6 Å². The van der Waals surface area contributed by atoms with Gasteiger partial charge < -0.3 is 9.80 Å². The zero-order chi connectivity index (χ0) is 25.5. The fourth-order valence-corrected chi connectivity index (χ4v) is 4.66. The summed E-state index contributed by atoms with van der Waals surface area (Å²) in [6.45, 7) is 1.68. The maximum absolute atomic E-state index is 13.2. The lowest BCUT2D eigenvalue weighted by Gasteiger charge is -2.34. The largest absolute Gasteiger partial charge is 0.345 e. The monoisotopic (exact) mass is 494 g/mol. The van der Waals surface area contributed by atoms with Gasteiger partial charge in [0.2, 0.25) is 5.91 Å². The number of aromatic amines is 1. The zero-order valence-corrected chi connectivity index (χ0v) is 20.6. The number of unbranched alkanes of at least 4 members (excludes halogenated alkanes) is 2. The van der Waals surface area contributed by atoms with Crippen LogP contribution >= 0.6 is 0 Å². The number of rotatable bonds is 9. The van der Waals surface area contributed by atoms with Gasteiger partial charge in [-0.3, -0.25) is 14.7 Å². The standard InChI is InChI=1S/C28H32F2N4O2/c1-33(16-4-2-3-7-25-18-26(32-31-25)20-8-12-23(29)13-9-20)27(35)22-6-5-17-34(19-22)28(36)21-10-14-24(30)15-11-21/h8-15,18,22H,2-7,16-17,19H2,1H3,(H,31,32). The Labute approximate surface area is 210 Å². The van der Waals surface area contributed by atoms with Crippen molar-refractivity contribution in [2.75, 3.05) is 26.7 Å². The first-order valence-electron chi connectivity index (χ1n) is 12.5. The lowest BCUT2D eigenvalue weighted by Crippen LogP contribution is -2.46. The topological polar surface area (TPSA) is 69.3 Å². The minimum absolute atomic E-state index is 0.0733. The number of aromatic nitrogens is 2. The molecule has 0 aliphatic carbocycles. The predicted octanol–water partition coefficient (Wildman–Crippen LogP) is 5.08. The second kappa shape index (κ2) is 11.9. The first kappa shape index (κ1) is 25.5. The van der Waals surface area contributed by atoms with Crippen molar-refractivity contribution >= 4 is 11.8 Å². The van der Waals surface area contributed by atoms with Gasteiger partial charge in [-0.2, -0.15) is 5.10 Å². The minimum atomic E-state index is -0.376. The average Bonchev–Trinajstić information content (AvgIpc) is 3.37. The van der Waals surface area contributed by atoms with Crippen molar-refractivity contribution in [1.82, 2.24) is 20.0 Å². The van der Waals surface area contributed by atoms with Crippen molar-refractivity contribution < 1.29 is 18.4 Å². The van der Waals surface area contributed by atoms with E-state index in [1.54, 1.807) is 21.9 Å². The van der Waals surface area contributed by atoms with E-state index in [4.69, 9.17) is 0 Å². The van der Waals surface area contributed by atoms with Crippen LogP contribution in [-0.4, -0.2) is 58.5 Å². The Morgan fingerprint density at radius 1 is 1.03 bits per heavy atom. The van der Waals surface area contributed by atoms with Gasteiger partial charge >= 0.3 is 0 Å². The van der Waals surface area contributed by atoms with E-state index in [0.717, 1.165) is 55.5 Å². The Morgan fingerprint density at radius 2 is 1.72 bits per heavy atom. The molecule has 1 saturated heterocycles. The number of piperidine rings is 1. The third-order valence-corrected chi connectivity index (χ3v) is 6.74. The molecular weight excluding hydrogens is 462 g/mol. The molecule has 6 nitrogen and oxygen atoms in total. The molecule has 2 aromatic carbocycles. The van der Waals surface area contributed by atoms with Crippen LogP contribution in [0.5, 0.6) is 0 Å². The van der Waals surface area contributed by atoms with E-state index in [-0.39, 0.29) is 29.4 Å². The number of halogens is 2. The van der Waals surface area contributed by atoms with Crippen molar-refractivity contribution in [3.8, 4) is 11.3 Å². The molecule has 1 atom stereocenters. The Bertz CT molecular complexity index is 1160. The molecule has 0 radical (unpaired) electrons. The van der Waals surface area contributed by atoms with Crippen LogP contribution in [-0.2, 0) is 11.2 Å². The fraction of sp³-hybridized carbons (Fsp3) is 0.393. The van der Waals surface area contributed by atoms with E-state index in [1.807, 2.05) is 13.1 Å². The van der Waals surface area contributed by atoms with Crippen LogP contribution in [0.1, 0.15) is 48.2 Å². The van der Waals surface area contributed by atoms with Gasteiger partial charge in [0.15, 0.2) is 0 Å². The summed E-state index contributed by atoms with van der Waals surface area (Å²) in [5.74, 6) is -0.930. The summed E-state index contributed by atoms with van der Waals surface area (Å²) in [5, 5.41) is 7.36. The SMILES string of the molecule is CN(CCCCCc1cc(-c2ccc(F)cc2)n[nH]1)C(=O)C1CCCN(C(=O)c2ccc(F)cc2)C1. The normalized spacial score (nSPS) is 15.6. The Morgan fingerprint density at radius 3 is 2.44 bits per heavy atom. The summed E-state index contributed by atoms with van der Waals surface area (Å²) in [7, 11) is 1.83.